The molecule has 1 amide bonds. The summed E-state index contributed by atoms with van der Waals surface area (Å²) in [5.74, 6) is 0.249. The van der Waals surface area contributed by atoms with Gasteiger partial charge in [0.2, 0.25) is 5.91 Å². The van der Waals surface area contributed by atoms with E-state index in [9.17, 15) is 9.18 Å². The monoisotopic (exact) mass is 404 g/mol. The van der Waals surface area contributed by atoms with Gasteiger partial charge in [0, 0.05) is 25.7 Å². The van der Waals surface area contributed by atoms with Gasteiger partial charge in [-0.2, -0.15) is 0 Å². The summed E-state index contributed by atoms with van der Waals surface area (Å²) in [7, 11) is 3.50. The smallest absolute Gasteiger partial charge is 0.233 e. The maximum Gasteiger partial charge on any atom is 0.233 e. The van der Waals surface area contributed by atoms with Gasteiger partial charge in [-0.15, -0.1) is 10.2 Å². The Morgan fingerprint density at radius 2 is 1.89 bits per heavy atom. The number of nitrogens with zero attached hydrogens (tertiary/aromatic N) is 4. The van der Waals surface area contributed by atoms with Crippen LogP contribution in [0.5, 0.6) is 0 Å². The third-order valence-corrected chi connectivity index (χ3v) is 5.29. The van der Waals surface area contributed by atoms with Gasteiger partial charge < -0.3 is 9.47 Å². The first-order chi connectivity index (χ1) is 13.0. The Kier molecular flexibility index (Phi) is 6.13. The summed E-state index contributed by atoms with van der Waals surface area (Å²) in [6, 6.07) is 13.8. The van der Waals surface area contributed by atoms with E-state index in [1.165, 1.54) is 17.8 Å². The molecule has 2 aromatic carbocycles. The van der Waals surface area contributed by atoms with Crippen LogP contribution >= 0.6 is 23.4 Å². The van der Waals surface area contributed by atoms with Crippen molar-refractivity contribution in [2.75, 3.05) is 12.8 Å². The van der Waals surface area contributed by atoms with Crippen molar-refractivity contribution in [2.24, 2.45) is 7.05 Å². The van der Waals surface area contributed by atoms with Crippen molar-refractivity contribution in [3.63, 3.8) is 0 Å². The lowest BCUT2D eigenvalue weighted by Gasteiger charge is -2.17. The average molecular weight is 405 g/mol. The summed E-state index contributed by atoms with van der Waals surface area (Å²) in [6.45, 7) is 0.496. The van der Waals surface area contributed by atoms with E-state index in [4.69, 9.17) is 11.6 Å². The second kappa shape index (κ2) is 8.54. The highest BCUT2D eigenvalue weighted by Crippen LogP contribution is 2.24. The van der Waals surface area contributed by atoms with Gasteiger partial charge in [-0.1, -0.05) is 47.6 Å². The largest absolute Gasteiger partial charge is 0.341 e. The first-order valence-corrected chi connectivity index (χ1v) is 9.57. The zero-order valence-electron chi connectivity index (χ0n) is 14.9. The molecule has 1 aromatic heterocycles. The zero-order valence-corrected chi connectivity index (χ0v) is 16.5. The molecule has 0 aliphatic heterocycles. The fourth-order valence-electron chi connectivity index (χ4n) is 2.51. The molecule has 0 aliphatic carbocycles. The maximum absolute atomic E-state index is 14.0. The van der Waals surface area contributed by atoms with E-state index in [0.717, 1.165) is 5.56 Å². The summed E-state index contributed by atoms with van der Waals surface area (Å²) in [6.07, 6.45) is 0. The number of benzene rings is 2. The van der Waals surface area contributed by atoms with Crippen LogP contribution in [-0.4, -0.2) is 38.4 Å². The van der Waals surface area contributed by atoms with Crippen molar-refractivity contribution >= 4 is 29.3 Å². The van der Waals surface area contributed by atoms with Gasteiger partial charge in [-0.25, -0.2) is 4.39 Å². The Morgan fingerprint density at radius 1 is 1.19 bits per heavy atom. The fraction of sp³-hybridized carbons (Fsp3) is 0.211. The van der Waals surface area contributed by atoms with Gasteiger partial charge >= 0.3 is 0 Å². The summed E-state index contributed by atoms with van der Waals surface area (Å²) in [5.41, 5.74) is 1.38. The van der Waals surface area contributed by atoms with Crippen molar-refractivity contribution in [3.05, 3.63) is 64.9 Å². The van der Waals surface area contributed by atoms with E-state index in [-0.39, 0.29) is 17.5 Å². The van der Waals surface area contributed by atoms with E-state index < -0.39 is 0 Å². The molecular formula is C19H18ClFN4OS. The standard InChI is InChI=1S/C19H18ClFN4OS/c1-24(11-13-7-9-14(20)10-8-13)17(26)12-27-19-23-22-18(25(19)2)15-5-3-4-6-16(15)21/h3-10H,11-12H2,1-2H3. The number of aromatic nitrogens is 3. The minimum Gasteiger partial charge on any atom is -0.341 e. The van der Waals surface area contributed by atoms with Crippen molar-refractivity contribution < 1.29 is 9.18 Å². The molecule has 140 valence electrons. The molecule has 0 spiro atoms. The van der Waals surface area contributed by atoms with Gasteiger partial charge in [0.1, 0.15) is 5.82 Å². The lowest BCUT2D eigenvalue weighted by atomic mass is 10.2. The van der Waals surface area contributed by atoms with Crippen LogP contribution in [0.4, 0.5) is 4.39 Å². The summed E-state index contributed by atoms with van der Waals surface area (Å²) in [4.78, 5) is 14.0. The van der Waals surface area contributed by atoms with Crippen LogP contribution in [0.25, 0.3) is 11.4 Å². The first kappa shape index (κ1) is 19.4. The predicted octanol–water partition coefficient (Wildman–Crippen LogP) is 4.03. The van der Waals surface area contributed by atoms with Crippen molar-refractivity contribution in [3.8, 4) is 11.4 Å². The minimum atomic E-state index is -0.358. The molecule has 0 saturated carbocycles. The SMILES string of the molecule is CN(Cc1ccc(Cl)cc1)C(=O)CSc1nnc(-c2ccccc2F)n1C. The number of thioether (sulfide) groups is 1. The van der Waals surface area contributed by atoms with Gasteiger partial charge in [-0.05, 0) is 29.8 Å². The third kappa shape index (κ3) is 4.67. The van der Waals surface area contributed by atoms with Gasteiger partial charge in [-0.3, -0.25) is 4.79 Å². The molecule has 0 aliphatic rings. The van der Waals surface area contributed by atoms with Crippen LogP contribution in [-0.2, 0) is 18.4 Å². The van der Waals surface area contributed by atoms with E-state index in [1.807, 2.05) is 12.1 Å². The van der Waals surface area contributed by atoms with E-state index >= 15 is 0 Å². The molecule has 0 N–H and O–H groups in total. The molecule has 0 unspecified atom stereocenters. The molecule has 0 atom stereocenters. The van der Waals surface area contributed by atoms with Crippen LogP contribution in [0.15, 0.2) is 53.7 Å². The minimum absolute atomic E-state index is 0.0367. The number of hydrogen-bond acceptors (Lipinski definition) is 4. The Labute approximate surface area is 166 Å². The van der Waals surface area contributed by atoms with E-state index in [2.05, 4.69) is 10.2 Å². The highest BCUT2D eigenvalue weighted by atomic mass is 35.5. The van der Waals surface area contributed by atoms with Gasteiger partial charge in [0.05, 0.1) is 11.3 Å². The maximum atomic E-state index is 14.0. The average Bonchev–Trinajstić information content (AvgIpc) is 3.02. The van der Waals surface area contributed by atoms with Crippen LogP contribution in [0, 0.1) is 5.82 Å². The zero-order chi connectivity index (χ0) is 19.4. The molecule has 0 saturated heterocycles. The molecular weight excluding hydrogens is 387 g/mol. The lowest BCUT2D eigenvalue weighted by molar-refractivity contribution is -0.127. The van der Waals surface area contributed by atoms with E-state index in [1.54, 1.807) is 53.9 Å². The number of halogens is 2. The lowest BCUT2D eigenvalue weighted by Crippen LogP contribution is -2.27. The van der Waals surface area contributed by atoms with E-state index in [0.29, 0.717) is 28.1 Å². The summed E-state index contributed by atoms with van der Waals surface area (Å²) in [5, 5.41) is 9.36. The Balaban J connectivity index is 1.62. The van der Waals surface area contributed by atoms with Gasteiger partial charge in [0.15, 0.2) is 11.0 Å². The number of hydrogen-bond donors (Lipinski definition) is 0. The molecule has 5 nitrogen and oxygen atoms in total. The van der Waals surface area contributed by atoms with Crippen molar-refractivity contribution in [2.45, 2.75) is 11.7 Å². The highest BCUT2D eigenvalue weighted by Gasteiger charge is 2.16. The quantitative estimate of drug-likeness (QED) is 0.582. The number of carbonyl (C=O) groups is 1. The molecule has 0 radical (unpaired) electrons. The third-order valence-electron chi connectivity index (χ3n) is 4.03. The molecule has 27 heavy (non-hydrogen) atoms. The summed E-state index contributed by atoms with van der Waals surface area (Å²) < 4.78 is 15.6. The molecule has 0 bridgehead atoms. The number of carbonyl (C=O) groups excluding carboxylic acids is 1. The first-order valence-electron chi connectivity index (χ1n) is 8.21. The van der Waals surface area contributed by atoms with Crippen LogP contribution in [0.2, 0.25) is 5.02 Å². The number of amides is 1. The van der Waals surface area contributed by atoms with Crippen LogP contribution in [0.3, 0.4) is 0 Å². The summed E-state index contributed by atoms with van der Waals surface area (Å²) >= 11 is 7.15. The highest BCUT2D eigenvalue weighted by molar-refractivity contribution is 7.99. The molecule has 3 rings (SSSR count). The topological polar surface area (TPSA) is 51.0 Å². The van der Waals surface area contributed by atoms with Crippen molar-refractivity contribution in [1.29, 1.82) is 0 Å². The molecule has 1 heterocycles. The van der Waals surface area contributed by atoms with Crippen molar-refractivity contribution in [1.82, 2.24) is 19.7 Å². The second-order valence-electron chi connectivity index (χ2n) is 6.01. The number of rotatable bonds is 6. The van der Waals surface area contributed by atoms with Crippen LogP contribution < -0.4 is 0 Å². The normalized spacial score (nSPS) is 10.8. The van der Waals surface area contributed by atoms with Gasteiger partial charge in [0.25, 0.3) is 0 Å². The Hall–Kier alpha value is -2.38. The predicted molar refractivity (Wildman–Crippen MR) is 105 cm³/mol. The Bertz CT molecular complexity index is 945. The van der Waals surface area contributed by atoms with Crippen LogP contribution in [0.1, 0.15) is 5.56 Å². The molecule has 0 fully saturated rings. The Morgan fingerprint density at radius 3 is 2.59 bits per heavy atom. The molecule has 3 aromatic rings. The molecule has 8 heteroatoms. The fourth-order valence-corrected chi connectivity index (χ4v) is 3.48. The second-order valence-corrected chi connectivity index (χ2v) is 7.39.